The van der Waals surface area contributed by atoms with E-state index in [9.17, 15) is 4.79 Å². The van der Waals surface area contributed by atoms with E-state index in [2.05, 4.69) is 43.4 Å². The molecule has 22 heavy (non-hydrogen) atoms. The summed E-state index contributed by atoms with van der Waals surface area (Å²) >= 11 is 0. The van der Waals surface area contributed by atoms with E-state index in [-0.39, 0.29) is 5.91 Å². The molecule has 0 aliphatic rings. The first kappa shape index (κ1) is 16.2. The number of benzene rings is 2. The molecule has 1 unspecified atom stereocenters. The lowest BCUT2D eigenvalue weighted by Crippen LogP contribution is -3.08. The molecule has 2 aromatic rings. The molecule has 0 fully saturated rings. The average molecular weight is 297 g/mol. The van der Waals surface area contributed by atoms with E-state index >= 15 is 0 Å². The van der Waals surface area contributed by atoms with Gasteiger partial charge in [-0.25, -0.2) is 0 Å². The molecule has 0 aliphatic carbocycles. The number of hydrogen-bond acceptors (Lipinski definition) is 1. The summed E-state index contributed by atoms with van der Waals surface area (Å²) in [4.78, 5) is 13.3. The van der Waals surface area contributed by atoms with Crippen molar-refractivity contribution < 1.29 is 9.69 Å². The second-order valence-electron chi connectivity index (χ2n) is 6.12. The molecule has 1 amide bonds. The maximum Gasteiger partial charge on any atom is 0.279 e. The van der Waals surface area contributed by atoms with Gasteiger partial charge in [-0.3, -0.25) is 4.79 Å². The number of carbonyl (C=O) groups is 1. The van der Waals surface area contributed by atoms with Crippen molar-refractivity contribution in [1.29, 1.82) is 0 Å². The van der Waals surface area contributed by atoms with Crippen LogP contribution in [-0.4, -0.2) is 19.5 Å². The predicted molar refractivity (Wildman–Crippen MR) is 91.1 cm³/mol. The standard InChI is InChI=1S/C19H24N2O/c1-15(2)17-9-11-18(12-10-17)20-19(22)14-21(3)13-16-7-5-4-6-8-16/h4-12,15H,13-14H2,1-3H3,(H,20,22)/p+1. The van der Waals surface area contributed by atoms with Crippen molar-refractivity contribution in [3.05, 3.63) is 65.7 Å². The van der Waals surface area contributed by atoms with Gasteiger partial charge in [0.1, 0.15) is 6.54 Å². The van der Waals surface area contributed by atoms with Crippen LogP contribution in [0.4, 0.5) is 5.69 Å². The highest BCUT2D eigenvalue weighted by atomic mass is 16.2. The molecule has 116 valence electrons. The number of amides is 1. The fourth-order valence-corrected chi connectivity index (χ4v) is 2.44. The molecule has 2 aromatic carbocycles. The first-order valence-electron chi connectivity index (χ1n) is 7.79. The molecule has 3 heteroatoms. The zero-order valence-corrected chi connectivity index (χ0v) is 13.6. The summed E-state index contributed by atoms with van der Waals surface area (Å²) in [5.41, 5.74) is 3.39. The Morgan fingerprint density at radius 1 is 1.05 bits per heavy atom. The number of rotatable bonds is 6. The Morgan fingerprint density at radius 2 is 1.68 bits per heavy atom. The van der Waals surface area contributed by atoms with Crippen LogP contribution in [0.25, 0.3) is 0 Å². The molecular weight excluding hydrogens is 272 g/mol. The number of quaternary nitrogens is 1. The first-order chi connectivity index (χ1) is 10.5. The van der Waals surface area contributed by atoms with Crippen LogP contribution in [0.2, 0.25) is 0 Å². The van der Waals surface area contributed by atoms with Gasteiger partial charge in [0, 0.05) is 11.3 Å². The Labute approximate surface area is 133 Å². The van der Waals surface area contributed by atoms with Crippen LogP contribution in [0.5, 0.6) is 0 Å². The van der Waals surface area contributed by atoms with Crippen LogP contribution in [0.1, 0.15) is 30.9 Å². The van der Waals surface area contributed by atoms with E-state index in [4.69, 9.17) is 0 Å². The highest BCUT2D eigenvalue weighted by Gasteiger charge is 2.11. The summed E-state index contributed by atoms with van der Waals surface area (Å²) in [5, 5.41) is 2.96. The molecule has 1 atom stereocenters. The maximum absolute atomic E-state index is 12.1. The number of carbonyl (C=O) groups excluding carboxylic acids is 1. The average Bonchev–Trinajstić information content (AvgIpc) is 2.48. The van der Waals surface area contributed by atoms with E-state index in [1.54, 1.807) is 0 Å². The van der Waals surface area contributed by atoms with Crippen molar-refractivity contribution in [1.82, 2.24) is 0 Å². The van der Waals surface area contributed by atoms with Gasteiger partial charge in [-0.2, -0.15) is 0 Å². The molecule has 2 rings (SSSR count). The van der Waals surface area contributed by atoms with E-state index in [0.717, 1.165) is 12.2 Å². The third-order valence-corrected chi connectivity index (χ3v) is 3.67. The Balaban J connectivity index is 1.84. The summed E-state index contributed by atoms with van der Waals surface area (Å²) in [6, 6.07) is 18.3. The van der Waals surface area contributed by atoms with Gasteiger partial charge in [-0.1, -0.05) is 56.3 Å². The second kappa shape index (κ2) is 7.76. The normalized spacial score (nSPS) is 12.2. The fourth-order valence-electron chi connectivity index (χ4n) is 2.44. The summed E-state index contributed by atoms with van der Waals surface area (Å²) in [5.74, 6) is 0.553. The highest BCUT2D eigenvalue weighted by Crippen LogP contribution is 2.16. The quantitative estimate of drug-likeness (QED) is 0.844. The summed E-state index contributed by atoms with van der Waals surface area (Å²) in [6.45, 7) is 5.63. The zero-order valence-electron chi connectivity index (χ0n) is 13.6. The van der Waals surface area contributed by atoms with Gasteiger partial charge in [-0.15, -0.1) is 0 Å². The monoisotopic (exact) mass is 297 g/mol. The van der Waals surface area contributed by atoms with Crippen molar-refractivity contribution in [3.8, 4) is 0 Å². The minimum absolute atomic E-state index is 0.0470. The van der Waals surface area contributed by atoms with Crippen LogP contribution in [0, 0.1) is 0 Å². The van der Waals surface area contributed by atoms with Gasteiger partial charge >= 0.3 is 0 Å². The van der Waals surface area contributed by atoms with Gasteiger partial charge in [0.05, 0.1) is 7.05 Å². The van der Waals surface area contributed by atoms with Crippen LogP contribution < -0.4 is 10.2 Å². The Bertz CT molecular complexity index is 591. The number of anilines is 1. The van der Waals surface area contributed by atoms with Crippen LogP contribution >= 0.6 is 0 Å². The topological polar surface area (TPSA) is 33.5 Å². The zero-order chi connectivity index (χ0) is 15.9. The lowest BCUT2D eigenvalue weighted by atomic mass is 10.0. The first-order valence-corrected chi connectivity index (χ1v) is 7.79. The van der Waals surface area contributed by atoms with Crippen molar-refractivity contribution >= 4 is 11.6 Å². The molecular formula is C19H25N2O+. The molecule has 0 bridgehead atoms. The minimum Gasteiger partial charge on any atom is -0.326 e. The highest BCUT2D eigenvalue weighted by molar-refractivity contribution is 5.91. The third kappa shape index (κ3) is 5.01. The molecule has 0 heterocycles. The molecule has 3 nitrogen and oxygen atoms in total. The van der Waals surface area contributed by atoms with Gasteiger partial charge in [0.15, 0.2) is 6.54 Å². The van der Waals surface area contributed by atoms with Crippen molar-refractivity contribution in [2.24, 2.45) is 0 Å². The number of nitrogens with one attached hydrogen (secondary N) is 2. The van der Waals surface area contributed by atoms with Crippen molar-refractivity contribution in [3.63, 3.8) is 0 Å². The van der Waals surface area contributed by atoms with Gasteiger partial charge in [0.2, 0.25) is 0 Å². The molecule has 0 aromatic heterocycles. The second-order valence-corrected chi connectivity index (χ2v) is 6.12. The largest absolute Gasteiger partial charge is 0.326 e. The predicted octanol–water partition coefficient (Wildman–Crippen LogP) is 2.46. The smallest absolute Gasteiger partial charge is 0.279 e. The van der Waals surface area contributed by atoms with Crippen LogP contribution in [0.3, 0.4) is 0 Å². The van der Waals surface area contributed by atoms with E-state index in [0.29, 0.717) is 12.5 Å². The number of likely N-dealkylation sites (N-methyl/N-ethyl adjacent to an activating group) is 1. The Hall–Kier alpha value is -2.13. The lowest BCUT2D eigenvalue weighted by Gasteiger charge is -2.14. The SMILES string of the molecule is CC(C)c1ccc(NC(=O)C[NH+](C)Cc2ccccc2)cc1. The van der Waals surface area contributed by atoms with Gasteiger partial charge in [0.25, 0.3) is 5.91 Å². The van der Waals surface area contributed by atoms with Gasteiger partial charge < -0.3 is 10.2 Å². The molecule has 2 N–H and O–H groups in total. The van der Waals surface area contributed by atoms with Crippen molar-refractivity contribution in [2.75, 3.05) is 18.9 Å². The molecule has 0 saturated carbocycles. The molecule has 0 radical (unpaired) electrons. The number of hydrogen-bond donors (Lipinski definition) is 2. The maximum atomic E-state index is 12.1. The van der Waals surface area contributed by atoms with E-state index in [1.807, 2.05) is 37.4 Å². The van der Waals surface area contributed by atoms with Crippen LogP contribution in [-0.2, 0) is 11.3 Å². The summed E-state index contributed by atoms with van der Waals surface area (Å²) < 4.78 is 0. The van der Waals surface area contributed by atoms with Gasteiger partial charge in [-0.05, 0) is 23.6 Å². The van der Waals surface area contributed by atoms with E-state index in [1.165, 1.54) is 16.0 Å². The molecule has 0 saturated heterocycles. The lowest BCUT2D eigenvalue weighted by molar-refractivity contribution is -0.885. The molecule has 0 aliphatic heterocycles. The Morgan fingerprint density at radius 3 is 2.27 bits per heavy atom. The third-order valence-electron chi connectivity index (χ3n) is 3.67. The summed E-state index contributed by atoms with van der Waals surface area (Å²) in [6.07, 6.45) is 0. The minimum atomic E-state index is 0.0470. The van der Waals surface area contributed by atoms with E-state index < -0.39 is 0 Å². The molecule has 0 spiro atoms. The fraction of sp³-hybridized carbons (Fsp3) is 0.316. The van der Waals surface area contributed by atoms with Crippen LogP contribution in [0.15, 0.2) is 54.6 Å². The summed E-state index contributed by atoms with van der Waals surface area (Å²) in [7, 11) is 2.04. The Kier molecular flexibility index (Phi) is 5.73. The van der Waals surface area contributed by atoms with Crippen molar-refractivity contribution in [2.45, 2.75) is 26.3 Å².